The van der Waals surface area contributed by atoms with Crippen LogP contribution in [0.2, 0.25) is 0 Å². The highest BCUT2D eigenvalue weighted by Crippen LogP contribution is 2.32. The van der Waals surface area contributed by atoms with Gasteiger partial charge in [-0.05, 0) is 13.0 Å². The zero-order valence-corrected chi connectivity index (χ0v) is 14.7. The molecule has 9 heteroatoms. The Bertz CT molecular complexity index is 1030. The van der Waals surface area contributed by atoms with Gasteiger partial charge < -0.3 is 9.80 Å². The van der Waals surface area contributed by atoms with Crippen LogP contribution in [0, 0.1) is 6.92 Å². The van der Waals surface area contributed by atoms with Crippen LogP contribution in [-0.2, 0) is 0 Å². The largest absolute Gasteiger partial charge is 0.349 e. The van der Waals surface area contributed by atoms with Crippen LogP contribution in [0.15, 0.2) is 30.9 Å². The molecule has 1 fully saturated rings. The number of aryl methyl sites for hydroxylation is 1. The highest BCUT2D eigenvalue weighted by molar-refractivity contribution is 7.22. The molecule has 25 heavy (non-hydrogen) atoms. The maximum absolute atomic E-state index is 4.69. The number of rotatable bonds is 3. The van der Waals surface area contributed by atoms with Crippen molar-refractivity contribution in [1.29, 1.82) is 0 Å². The van der Waals surface area contributed by atoms with E-state index in [9.17, 15) is 0 Å². The summed E-state index contributed by atoms with van der Waals surface area (Å²) in [5.74, 6) is 1.76. The van der Waals surface area contributed by atoms with Crippen LogP contribution >= 0.6 is 11.3 Å². The third kappa shape index (κ3) is 2.23. The molecule has 0 atom stereocenters. The summed E-state index contributed by atoms with van der Waals surface area (Å²) >= 11 is 1.70. The van der Waals surface area contributed by atoms with Gasteiger partial charge in [-0.15, -0.1) is 10.2 Å². The van der Waals surface area contributed by atoms with Gasteiger partial charge in [0.2, 0.25) is 5.65 Å². The van der Waals surface area contributed by atoms with Crippen molar-refractivity contribution in [2.45, 2.75) is 13.0 Å². The van der Waals surface area contributed by atoms with Crippen molar-refractivity contribution in [3.05, 3.63) is 36.7 Å². The number of likely N-dealkylation sites (N-methyl/N-ethyl adjacent to an activating group) is 1. The molecule has 0 aromatic carbocycles. The summed E-state index contributed by atoms with van der Waals surface area (Å²) in [7, 11) is 2.10. The summed E-state index contributed by atoms with van der Waals surface area (Å²) in [5, 5.41) is 9.43. The molecule has 0 saturated carbocycles. The van der Waals surface area contributed by atoms with Crippen LogP contribution < -0.4 is 9.80 Å². The van der Waals surface area contributed by atoms with Crippen LogP contribution in [0.1, 0.15) is 5.82 Å². The Morgan fingerprint density at radius 3 is 2.96 bits per heavy atom. The normalized spacial score (nSPS) is 15.0. The van der Waals surface area contributed by atoms with E-state index in [1.807, 2.05) is 36.0 Å². The first-order valence-electron chi connectivity index (χ1n) is 8.05. The molecule has 1 saturated heterocycles. The maximum Gasteiger partial charge on any atom is 0.203 e. The van der Waals surface area contributed by atoms with E-state index in [0.29, 0.717) is 6.04 Å². The third-order valence-corrected chi connectivity index (χ3v) is 5.80. The average Bonchev–Trinajstić information content (AvgIpc) is 3.18. The smallest absolute Gasteiger partial charge is 0.203 e. The fourth-order valence-electron chi connectivity index (χ4n) is 3.10. The number of nitrogens with zero attached hydrogens (tertiary/aromatic N) is 8. The molecule has 4 aromatic rings. The Labute approximate surface area is 147 Å². The van der Waals surface area contributed by atoms with Crippen molar-refractivity contribution in [3.63, 3.8) is 0 Å². The van der Waals surface area contributed by atoms with Gasteiger partial charge in [0.1, 0.15) is 11.3 Å². The van der Waals surface area contributed by atoms with Gasteiger partial charge in [-0.25, -0.2) is 9.97 Å². The SMILES string of the molecule is Cc1nnc2c(N3CC(N(C)c4nc5cnccc5s4)C3)nccn12. The van der Waals surface area contributed by atoms with E-state index in [1.54, 1.807) is 17.5 Å². The molecule has 0 radical (unpaired) electrons. The number of hydrogen-bond donors (Lipinski definition) is 0. The van der Waals surface area contributed by atoms with Crippen molar-refractivity contribution >= 4 is 38.2 Å². The molecule has 0 amide bonds. The van der Waals surface area contributed by atoms with Crippen LogP contribution in [0.4, 0.5) is 10.9 Å². The summed E-state index contributed by atoms with van der Waals surface area (Å²) in [6.45, 7) is 3.73. The number of aromatic nitrogens is 6. The first-order valence-corrected chi connectivity index (χ1v) is 8.87. The number of fused-ring (bicyclic) bond motifs is 2. The molecule has 1 aliphatic heterocycles. The lowest BCUT2D eigenvalue weighted by molar-refractivity contribution is 0.492. The predicted molar refractivity (Wildman–Crippen MR) is 97.3 cm³/mol. The van der Waals surface area contributed by atoms with Gasteiger partial charge in [-0.3, -0.25) is 9.38 Å². The van der Waals surface area contributed by atoms with Crippen LogP contribution in [0.5, 0.6) is 0 Å². The number of thiazole rings is 1. The summed E-state index contributed by atoms with van der Waals surface area (Å²) < 4.78 is 3.14. The Morgan fingerprint density at radius 2 is 2.12 bits per heavy atom. The summed E-state index contributed by atoms with van der Waals surface area (Å²) in [6.07, 6.45) is 7.32. The lowest BCUT2D eigenvalue weighted by Crippen LogP contribution is -2.59. The van der Waals surface area contributed by atoms with E-state index in [2.05, 4.69) is 42.0 Å². The molecule has 0 unspecified atom stereocenters. The van der Waals surface area contributed by atoms with E-state index in [-0.39, 0.29) is 0 Å². The number of hydrogen-bond acceptors (Lipinski definition) is 8. The minimum Gasteiger partial charge on any atom is -0.349 e. The maximum atomic E-state index is 4.69. The van der Waals surface area contributed by atoms with E-state index in [4.69, 9.17) is 0 Å². The van der Waals surface area contributed by atoms with Crippen LogP contribution in [-0.4, -0.2) is 55.7 Å². The van der Waals surface area contributed by atoms with E-state index < -0.39 is 0 Å². The number of pyridine rings is 1. The first kappa shape index (κ1) is 14.5. The lowest BCUT2D eigenvalue weighted by atomic mass is 10.1. The highest BCUT2D eigenvalue weighted by atomic mass is 32.1. The molecule has 8 nitrogen and oxygen atoms in total. The zero-order valence-electron chi connectivity index (χ0n) is 13.9. The van der Waals surface area contributed by atoms with Crippen molar-refractivity contribution < 1.29 is 0 Å². The lowest BCUT2D eigenvalue weighted by Gasteiger charge is -2.44. The summed E-state index contributed by atoms with van der Waals surface area (Å²) in [4.78, 5) is 17.8. The molecule has 5 heterocycles. The van der Waals surface area contributed by atoms with Crippen molar-refractivity contribution in [2.75, 3.05) is 29.9 Å². The fourth-order valence-corrected chi connectivity index (χ4v) is 4.07. The molecule has 1 aliphatic rings. The van der Waals surface area contributed by atoms with Gasteiger partial charge in [-0.2, -0.15) is 0 Å². The second-order valence-electron chi connectivity index (χ2n) is 6.20. The molecule has 5 rings (SSSR count). The van der Waals surface area contributed by atoms with Crippen molar-refractivity contribution in [3.8, 4) is 0 Å². The van der Waals surface area contributed by atoms with Gasteiger partial charge >= 0.3 is 0 Å². The topological polar surface area (TPSA) is 75.3 Å². The van der Waals surface area contributed by atoms with Gasteiger partial charge in [0, 0.05) is 38.7 Å². The fraction of sp³-hybridized carbons (Fsp3) is 0.312. The van der Waals surface area contributed by atoms with Gasteiger partial charge in [-0.1, -0.05) is 11.3 Å². The van der Waals surface area contributed by atoms with Gasteiger partial charge in [0.15, 0.2) is 10.9 Å². The monoisotopic (exact) mass is 352 g/mol. The Morgan fingerprint density at radius 1 is 1.24 bits per heavy atom. The van der Waals surface area contributed by atoms with E-state index in [0.717, 1.165) is 41.0 Å². The highest BCUT2D eigenvalue weighted by Gasteiger charge is 2.33. The first-order chi connectivity index (χ1) is 12.2. The molecule has 126 valence electrons. The Kier molecular flexibility index (Phi) is 3.11. The molecule has 0 aliphatic carbocycles. The van der Waals surface area contributed by atoms with Crippen LogP contribution in [0.3, 0.4) is 0 Å². The molecule has 0 spiro atoms. The van der Waals surface area contributed by atoms with Crippen molar-refractivity contribution in [1.82, 2.24) is 29.5 Å². The van der Waals surface area contributed by atoms with Crippen molar-refractivity contribution in [2.24, 2.45) is 0 Å². The number of anilines is 2. The van der Waals surface area contributed by atoms with E-state index >= 15 is 0 Å². The van der Waals surface area contributed by atoms with Gasteiger partial charge in [0.25, 0.3) is 0 Å². The molecular formula is C16H16N8S. The third-order valence-electron chi connectivity index (χ3n) is 4.67. The standard InChI is InChI=1S/C16H16N8S/c1-10-20-21-15-14(18-5-6-24(10)15)23-8-11(9-23)22(2)16-19-12-7-17-4-3-13(12)25-16/h3-7,11H,8-9H2,1-2H3. The Balaban J connectivity index is 1.37. The summed E-state index contributed by atoms with van der Waals surface area (Å²) in [5.41, 5.74) is 1.77. The van der Waals surface area contributed by atoms with E-state index in [1.165, 1.54) is 4.70 Å². The Hall–Kier alpha value is -2.81. The molecule has 0 N–H and O–H groups in total. The predicted octanol–water partition coefficient (Wildman–Crippen LogP) is 1.76. The second kappa shape index (κ2) is 5.35. The average molecular weight is 352 g/mol. The second-order valence-corrected chi connectivity index (χ2v) is 7.21. The molecule has 4 aromatic heterocycles. The van der Waals surface area contributed by atoms with Gasteiger partial charge in [0.05, 0.1) is 16.9 Å². The molecular weight excluding hydrogens is 336 g/mol. The quantitative estimate of drug-likeness (QED) is 0.556. The molecule has 0 bridgehead atoms. The zero-order chi connectivity index (χ0) is 17.0. The minimum absolute atomic E-state index is 0.402. The van der Waals surface area contributed by atoms with Crippen LogP contribution in [0.25, 0.3) is 15.9 Å². The summed E-state index contributed by atoms with van der Waals surface area (Å²) in [6, 6.07) is 2.41. The minimum atomic E-state index is 0.402.